The molecule has 3 aromatic carbocycles. The van der Waals surface area contributed by atoms with Crippen LogP contribution in [-0.2, 0) is 11.3 Å². The largest absolute Gasteiger partial charge is 0.488 e. The number of hydrogen-bond donors (Lipinski definition) is 4. The molecule has 0 radical (unpaired) electrons. The first-order valence-electron chi connectivity index (χ1n) is 9.74. The van der Waals surface area contributed by atoms with E-state index in [0.29, 0.717) is 18.1 Å². The Balaban J connectivity index is 1.58. The molecule has 0 bridgehead atoms. The molecular weight excluding hydrogens is 388 g/mol. The molecule has 7 nitrogen and oxygen atoms in total. The molecular formula is C23H24O7. The van der Waals surface area contributed by atoms with Crippen molar-refractivity contribution in [2.75, 3.05) is 6.61 Å². The smallest absolute Gasteiger partial charge is 0.229 e. The van der Waals surface area contributed by atoms with Crippen LogP contribution in [0.4, 0.5) is 0 Å². The summed E-state index contributed by atoms with van der Waals surface area (Å²) in [6.07, 6.45) is -6.69. The van der Waals surface area contributed by atoms with Crippen LogP contribution in [0.15, 0.2) is 66.7 Å². The Morgan fingerprint density at radius 1 is 0.733 bits per heavy atom. The molecule has 1 aliphatic rings. The Labute approximate surface area is 173 Å². The molecule has 1 saturated heterocycles. The van der Waals surface area contributed by atoms with Gasteiger partial charge in [-0.2, -0.15) is 0 Å². The fourth-order valence-electron chi connectivity index (χ4n) is 3.50. The summed E-state index contributed by atoms with van der Waals surface area (Å²) in [4.78, 5) is 0. The third kappa shape index (κ3) is 4.12. The van der Waals surface area contributed by atoms with Gasteiger partial charge in [0.2, 0.25) is 6.29 Å². The Morgan fingerprint density at radius 3 is 2.07 bits per heavy atom. The van der Waals surface area contributed by atoms with Gasteiger partial charge >= 0.3 is 0 Å². The average molecular weight is 412 g/mol. The van der Waals surface area contributed by atoms with Crippen molar-refractivity contribution in [3.8, 4) is 11.5 Å². The molecule has 1 fully saturated rings. The monoisotopic (exact) mass is 412 g/mol. The molecule has 7 heteroatoms. The Kier molecular flexibility index (Phi) is 6.17. The van der Waals surface area contributed by atoms with Crippen LogP contribution in [0.3, 0.4) is 0 Å². The van der Waals surface area contributed by atoms with Crippen LogP contribution in [0.25, 0.3) is 10.8 Å². The third-order valence-corrected chi connectivity index (χ3v) is 5.17. The maximum Gasteiger partial charge on any atom is 0.229 e. The molecule has 4 N–H and O–H groups in total. The highest BCUT2D eigenvalue weighted by Crippen LogP contribution is 2.35. The van der Waals surface area contributed by atoms with E-state index >= 15 is 0 Å². The summed E-state index contributed by atoms with van der Waals surface area (Å²) < 4.78 is 17.3. The van der Waals surface area contributed by atoms with Gasteiger partial charge in [-0.3, -0.25) is 0 Å². The zero-order valence-electron chi connectivity index (χ0n) is 16.2. The molecule has 3 aromatic rings. The summed E-state index contributed by atoms with van der Waals surface area (Å²) >= 11 is 0. The highest BCUT2D eigenvalue weighted by molar-refractivity contribution is 5.93. The minimum atomic E-state index is -1.50. The van der Waals surface area contributed by atoms with Gasteiger partial charge in [0.15, 0.2) is 0 Å². The summed E-state index contributed by atoms with van der Waals surface area (Å²) in [5.41, 5.74) is 1.04. The van der Waals surface area contributed by atoms with Crippen LogP contribution in [-0.4, -0.2) is 57.7 Å². The highest BCUT2D eigenvalue weighted by atomic mass is 16.7. The van der Waals surface area contributed by atoms with Gasteiger partial charge in [0.25, 0.3) is 0 Å². The Morgan fingerprint density at radius 2 is 1.37 bits per heavy atom. The van der Waals surface area contributed by atoms with Crippen LogP contribution >= 0.6 is 0 Å². The second-order valence-electron chi connectivity index (χ2n) is 7.20. The molecule has 30 heavy (non-hydrogen) atoms. The standard InChI is InChI=1S/C23H24O7/c24-12-19-20(25)21(26)22(27)23(30-19)29-18-11-10-17(15-8-4-5-9-16(15)18)28-13-14-6-2-1-3-7-14/h1-11,19-27H,12-13H2/t19-,20+,21+,22-,23-/m1/s1. The molecule has 0 aromatic heterocycles. The quantitative estimate of drug-likeness (QED) is 0.487. The van der Waals surface area contributed by atoms with E-state index in [-0.39, 0.29) is 0 Å². The van der Waals surface area contributed by atoms with E-state index < -0.39 is 37.3 Å². The van der Waals surface area contributed by atoms with E-state index in [9.17, 15) is 20.4 Å². The van der Waals surface area contributed by atoms with Crippen molar-refractivity contribution in [1.82, 2.24) is 0 Å². The summed E-state index contributed by atoms with van der Waals surface area (Å²) in [6.45, 7) is -0.102. The van der Waals surface area contributed by atoms with Gasteiger partial charge in [-0.1, -0.05) is 54.6 Å². The fourth-order valence-corrected chi connectivity index (χ4v) is 3.50. The van der Waals surface area contributed by atoms with Crippen molar-refractivity contribution in [3.05, 3.63) is 72.3 Å². The summed E-state index contributed by atoms with van der Waals surface area (Å²) in [5.74, 6) is 1.09. The zero-order chi connectivity index (χ0) is 21.1. The second-order valence-corrected chi connectivity index (χ2v) is 7.20. The molecule has 1 aliphatic heterocycles. The molecule has 1 heterocycles. The van der Waals surface area contributed by atoms with Gasteiger partial charge in [0.05, 0.1) is 6.61 Å². The Bertz CT molecular complexity index is 976. The van der Waals surface area contributed by atoms with Gasteiger partial charge in [-0.05, 0) is 17.7 Å². The minimum absolute atomic E-state index is 0.414. The average Bonchev–Trinajstić information content (AvgIpc) is 2.79. The van der Waals surface area contributed by atoms with Crippen LogP contribution in [0.2, 0.25) is 0 Å². The topological polar surface area (TPSA) is 109 Å². The summed E-state index contributed by atoms with van der Waals surface area (Å²) in [5, 5.41) is 41.1. The predicted molar refractivity (Wildman–Crippen MR) is 109 cm³/mol. The molecule has 5 atom stereocenters. The number of benzene rings is 3. The van der Waals surface area contributed by atoms with Gasteiger partial charge in [-0.15, -0.1) is 0 Å². The van der Waals surface area contributed by atoms with E-state index in [1.54, 1.807) is 12.1 Å². The first-order chi connectivity index (χ1) is 14.6. The van der Waals surface area contributed by atoms with E-state index in [0.717, 1.165) is 16.3 Å². The van der Waals surface area contributed by atoms with E-state index in [2.05, 4.69) is 0 Å². The maximum absolute atomic E-state index is 10.3. The lowest BCUT2D eigenvalue weighted by atomic mass is 9.99. The van der Waals surface area contributed by atoms with Crippen LogP contribution in [0.5, 0.6) is 11.5 Å². The SMILES string of the molecule is OC[C@H]1O[C@@H](Oc2ccc(OCc3ccccc3)c3ccccc23)[C@H](O)[C@@H](O)[C@H]1O. The van der Waals surface area contributed by atoms with Crippen molar-refractivity contribution in [1.29, 1.82) is 0 Å². The summed E-state index contributed by atoms with van der Waals surface area (Å²) in [7, 11) is 0. The normalized spacial score (nSPS) is 26.5. The number of rotatable bonds is 6. The highest BCUT2D eigenvalue weighted by Gasteiger charge is 2.44. The molecule has 0 aliphatic carbocycles. The van der Waals surface area contributed by atoms with Crippen molar-refractivity contribution < 1.29 is 34.6 Å². The van der Waals surface area contributed by atoms with Crippen molar-refractivity contribution in [2.24, 2.45) is 0 Å². The molecule has 4 rings (SSSR count). The lowest BCUT2D eigenvalue weighted by Gasteiger charge is -2.39. The molecule has 0 unspecified atom stereocenters. The predicted octanol–water partition coefficient (Wildman–Crippen LogP) is 1.60. The van der Waals surface area contributed by atoms with Gasteiger partial charge in [-0.25, -0.2) is 0 Å². The van der Waals surface area contributed by atoms with Gasteiger partial charge < -0.3 is 34.6 Å². The lowest BCUT2D eigenvalue weighted by Crippen LogP contribution is -2.60. The molecule has 158 valence electrons. The Hall–Kier alpha value is -2.68. The third-order valence-electron chi connectivity index (χ3n) is 5.17. The molecule has 0 amide bonds. The first kappa shape index (κ1) is 20.6. The van der Waals surface area contributed by atoms with Crippen LogP contribution in [0, 0.1) is 0 Å². The minimum Gasteiger partial charge on any atom is -0.488 e. The summed E-state index contributed by atoms with van der Waals surface area (Å²) in [6, 6.07) is 20.8. The van der Waals surface area contributed by atoms with E-state index in [1.807, 2.05) is 54.6 Å². The molecule has 0 spiro atoms. The van der Waals surface area contributed by atoms with Crippen molar-refractivity contribution >= 4 is 10.8 Å². The van der Waals surface area contributed by atoms with Gasteiger partial charge in [0.1, 0.15) is 42.5 Å². The fraction of sp³-hybridized carbons (Fsp3) is 0.304. The lowest BCUT2D eigenvalue weighted by molar-refractivity contribution is -0.277. The second kappa shape index (κ2) is 8.99. The van der Waals surface area contributed by atoms with Crippen molar-refractivity contribution in [2.45, 2.75) is 37.3 Å². The number of aliphatic hydroxyl groups excluding tert-OH is 4. The maximum atomic E-state index is 10.3. The van der Waals surface area contributed by atoms with Crippen LogP contribution < -0.4 is 9.47 Å². The van der Waals surface area contributed by atoms with Gasteiger partial charge in [0, 0.05) is 10.8 Å². The first-order valence-corrected chi connectivity index (χ1v) is 9.74. The molecule has 0 saturated carbocycles. The van der Waals surface area contributed by atoms with Crippen molar-refractivity contribution in [3.63, 3.8) is 0 Å². The van der Waals surface area contributed by atoms with E-state index in [4.69, 9.17) is 14.2 Å². The zero-order valence-corrected chi connectivity index (χ0v) is 16.2. The number of ether oxygens (including phenoxy) is 3. The van der Waals surface area contributed by atoms with E-state index in [1.165, 1.54) is 0 Å². The number of aliphatic hydroxyl groups is 4. The van der Waals surface area contributed by atoms with Crippen LogP contribution in [0.1, 0.15) is 5.56 Å². The number of fused-ring (bicyclic) bond motifs is 1. The number of hydrogen-bond acceptors (Lipinski definition) is 7.